The first-order valence-electron chi connectivity index (χ1n) is 6.58. The van der Waals surface area contributed by atoms with Crippen LogP contribution in [0.15, 0.2) is 22.7 Å². The van der Waals surface area contributed by atoms with Crippen LogP contribution in [-0.2, 0) is 11.3 Å². The molecule has 4 N–H and O–H groups in total. The van der Waals surface area contributed by atoms with Crippen LogP contribution in [0.3, 0.4) is 0 Å². The van der Waals surface area contributed by atoms with Crippen molar-refractivity contribution in [2.24, 2.45) is 17.4 Å². The molecule has 104 valence electrons. The highest BCUT2D eigenvalue weighted by atomic mass is 79.9. The number of halogens is 1. The van der Waals surface area contributed by atoms with Gasteiger partial charge in [-0.1, -0.05) is 22.0 Å². The number of hydrogen-bond acceptors (Lipinski definition) is 3. The fourth-order valence-corrected chi connectivity index (χ4v) is 3.21. The summed E-state index contributed by atoms with van der Waals surface area (Å²) in [5.41, 5.74) is 13.5. The lowest BCUT2D eigenvalue weighted by Crippen LogP contribution is -2.46. The second kappa shape index (κ2) is 5.92. The second-order valence-corrected chi connectivity index (χ2v) is 5.97. The molecule has 0 radical (unpaired) electrons. The molecule has 1 aliphatic heterocycles. The summed E-state index contributed by atoms with van der Waals surface area (Å²) in [5.74, 6) is -0.276. The molecule has 19 heavy (non-hydrogen) atoms. The van der Waals surface area contributed by atoms with E-state index in [1.54, 1.807) is 0 Å². The Kier molecular flexibility index (Phi) is 4.47. The van der Waals surface area contributed by atoms with Crippen LogP contribution in [0.4, 0.5) is 5.69 Å². The second-order valence-electron chi connectivity index (χ2n) is 5.12. The van der Waals surface area contributed by atoms with Crippen molar-refractivity contribution in [1.29, 1.82) is 0 Å². The molecular weight excluding hydrogens is 306 g/mol. The van der Waals surface area contributed by atoms with E-state index >= 15 is 0 Å². The Morgan fingerprint density at radius 1 is 1.47 bits per heavy atom. The molecule has 0 aliphatic carbocycles. The van der Waals surface area contributed by atoms with Crippen LogP contribution < -0.4 is 16.4 Å². The van der Waals surface area contributed by atoms with E-state index in [4.69, 9.17) is 11.5 Å². The van der Waals surface area contributed by atoms with Gasteiger partial charge in [0.15, 0.2) is 0 Å². The average molecular weight is 326 g/mol. The maximum absolute atomic E-state index is 11.4. The van der Waals surface area contributed by atoms with Crippen molar-refractivity contribution in [2.75, 3.05) is 11.4 Å². The third-order valence-corrected chi connectivity index (χ3v) is 4.64. The van der Waals surface area contributed by atoms with Crippen molar-refractivity contribution in [3.05, 3.63) is 28.2 Å². The summed E-state index contributed by atoms with van der Waals surface area (Å²) in [4.78, 5) is 13.7. The molecule has 0 spiro atoms. The molecular formula is C14H20BrN3O. The summed E-state index contributed by atoms with van der Waals surface area (Å²) in [7, 11) is 0. The Morgan fingerprint density at radius 3 is 2.84 bits per heavy atom. The molecule has 1 aliphatic rings. The van der Waals surface area contributed by atoms with Gasteiger partial charge in [-0.05, 0) is 31.9 Å². The first-order chi connectivity index (χ1) is 9.04. The first kappa shape index (κ1) is 14.3. The highest BCUT2D eigenvalue weighted by Gasteiger charge is 2.29. The molecule has 2 atom stereocenters. The van der Waals surface area contributed by atoms with Gasteiger partial charge in [0, 0.05) is 34.9 Å². The summed E-state index contributed by atoms with van der Waals surface area (Å²) in [6.07, 6.45) is 1.85. The van der Waals surface area contributed by atoms with Crippen molar-refractivity contribution in [2.45, 2.75) is 32.4 Å². The molecule has 2 unspecified atom stereocenters. The lowest BCUT2D eigenvalue weighted by atomic mass is 9.92. The molecule has 5 heteroatoms. The minimum atomic E-state index is -0.207. The van der Waals surface area contributed by atoms with Crippen LogP contribution in [0.25, 0.3) is 0 Å². The third kappa shape index (κ3) is 2.92. The predicted molar refractivity (Wildman–Crippen MR) is 80.8 cm³/mol. The van der Waals surface area contributed by atoms with Crippen molar-refractivity contribution in [1.82, 2.24) is 0 Å². The largest absolute Gasteiger partial charge is 0.369 e. The summed E-state index contributed by atoms with van der Waals surface area (Å²) in [6.45, 7) is 3.33. The van der Waals surface area contributed by atoms with Gasteiger partial charge in [-0.2, -0.15) is 0 Å². The van der Waals surface area contributed by atoms with E-state index in [1.165, 1.54) is 0 Å². The number of anilines is 1. The smallest absolute Gasteiger partial charge is 0.222 e. The summed E-state index contributed by atoms with van der Waals surface area (Å²) < 4.78 is 1.01. The van der Waals surface area contributed by atoms with Crippen LogP contribution in [0.2, 0.25) is 0 Å². The van der Waals surface area contributed by atoms with Crippen LogP contribution in [0.5, 0.6) is 0 Å². The molecule has 0 saturated carbocycles. The zero-order valence-corrected chi connectivity index (χ0v) is 12.7. The third-order valence-electron chi connectivity index (χ3n) is 3.89. The zero-order valence-electron chi connectivity index (χ0n) is 11.1. The Morgan fingerprint density at radius 2 is 2.21 bits per heavy atom. The predicted octanol–water partition coefficient (Wildman–Crippen LogP) is 2.00. The van der Waals surface area contributed by atoms with Crippen LogP contribution in [0.1, 0.15) is 25.3 Å². The minimum absolute atomic E-state index is 0.0687. The molecule has 1 saturated heterocycles. The van der Waals surface area contributed by atoms with Gasteiger partial charge in [0.05, 0.1) is 5.92 Å². The molecule has 1 amide bonds. The molecule has 0 aromatic heterocycles. The first-order valence-corrected chi connectivity index (χ1v) is 7.37. The quantitative estimate of drug-likeness (QED) is 0.892. The summed E-state index contributed by atoms with van der Waals surface area (Å²) in [6, 6.07) is 6.45. The normalized spacial score (nSPS) is 23.4. The van der Waals surface area contributed by atoms with Crippen molar-refractivity contribution in [3.8, 4) is 0 Å². The molecule has 4 nitrogen and oxygen atoms in total. The van der Waals surface area contributed by atoms with E-state index in [2.05, 4.69) is 33.8 Å². The van der Waals surface area contributed by atoms with E-state index in [-0.39, 0.29) is 11.8 Å². The Bertz CT molecular complexity index is 478. The van der Waals surface area contributed by atoms with E-state index in [0.717, 1.165) is 28.6 Å². The zero-order chi connectivity index (χ0) is 14.0. The van der Waals surface area contributed by atoms with E-state index in [1.807, 2.05) is 12.1 Å². The fraction of sp³-hybridized carbons (Fsp3) is 0.500. The molecule has 1 aromatic rings. The number of carbonyl (C=O) groups excluding carboxylic acids is 1. The number of primary amides is 1. The van der Waals surface area contributed by atoms with E-state index in [0.29, 0.717) is 19.1 Å². The lowest BCUT2D eigenvalue weighted by molar-refractivity contribution is -0.122. The summed E-state index contributed by atoms with van der Waals surface area (Å²) in [5, 5.41) is 0. The van der Waals surface area contributed by atoms with E-state index in [9.17, 15) is 4.79 Å². The number of hydrogen-bond donors (Lipinski definition) is 2. The number of benzene rings is 1. The van der Waals surface area contributed by atoms with Crippen LogP contribution >= 0.6 is 15.9 Å². The van der Waals surface area contributed by atoms with Gasteiger partial charge >= 0.3 is 0 Å². The van der Waals surface area contributed by atoms with Crippen molar-refractivity contribution < 1.29 is 4.79 Å². The molecule has 0 bridgehead atoms. The highest BCUT2D eigenvalue weighted by molar-refractivity contribution is 9.10. The average Bonchev–Trinajstić information content (AvgIpc) is 2.38. The van der Waals surface area contributed by atoms with Gasteiger partial charge in [0.1, 0.15) is 0 Å². The maximum Gasteiger partial charge on any atom is 0.222 e. The van der Waals surface area contributed by atoms with Gasteiger partial charge in [-0.3, -0.25) is 4.79 Å². The highest BCUT2D eigenvalue weighted by Crippen LogP contribution is 2.33. The Hall–Kier alpha value is -1.07. The SMILES string of the molecule is CC1CCC(C(N)=O)CN1c1cccc(Br)c1CN. The van der Waals surface area contributed by atoms with Gasteiger partial charge < -0.3 is 16.4 Å². The van der Waals surface area contributed by atoms with Crippen molar-refractivity contribution >= 4 is 27.5 Å². The molecule has 1 heterocycles. The number of rotatable bonds is 3. The van der Waals surface area contributed by atoms with Gasteiger partial charge in [-0.25, -0.2) is 0 Å². The van der Waals surface area contributed by atoms with Gasteiger partial charge in [0.2, 0.25) is 5.91 Å². The fourth-order valence-electron chi connectivity index (χ4n) is 2.69. The number of carbonyl (C=O) groups is 1. The lowest BCUT2D eigenvalue weighted by Gasteiger charge is -2.39. The Balaban J connectivity index is 2.33. The molecule has 1 fully saturated rings. The Labute approximate surface area is 122 Å². The standard InChI is InChI=1S/C14H20BrN3O/c1-9-5-6-10(14(17)19)8-18(9)13-4-2-3-12(15)11(13)7-16/h2-4,9-10H,5-8,16H2,1H3,(H2,17,19). The van der Waals surface area contributed by atoms with Gasteiger partial charge in [-0.15, -0.1) is 0 Å². The number of nitrogens with zero attached hydrogens (tertiary/aromatic N) is 1. The van der Waals surface area contributed by atoms with Gasteiger partial charge in [0.25, 0.3) is 0 Å². The number of piperidine rings is 1. The number of amides is 1. The van der Waals surface area contributed by atoms with Crippen LogP contribution in [0, 0.1) is 5.92 Å². The number of nitrogens with two attached hydrogens (primary N) is 2. The summed E-state index contributed by atoms with van der Waals surface area (Å²) >= 11 is 3.54. The van der Waals surface area contributed by atoms with Crippen molar-refractivity contribution in [3.63, 3.8) is 0 Å². The topological polar surface area (TPSA) is 72.4 Å². The molecule has 1 aromatic carbocycles. The van der Waals surface area contributed by atoms with E-state index < -0.39 is 0 Å². The van der Waals surface area contributed by atoms with Crippen LogP contribution in [-0.4, -0.2) is 18.5 Å². The molecule has 2 rings (SSSR count). The minimum Gasteiger partial charge on any atom is -0.369 e. The monoisotopic (exact) mass is 325 g/mol. The maximum atomic E-state index is 11.4.